The molecule has 1 atom stereocenters. The molecule has 18 heavy (non-hydrogen) atoms. The van der Waals surface area contributed by atoms with E-state index in [1.165, 1.54) is 7.11 Å². The van der Waals surface area contributed by atoms with Gasteiger partial charge in [-0.15, -0.1) is 0 Å². The first-order valence-corrected chi connectivity index (χ1v) is 7.13. The molecule has 100 valence electrons. The van der Waals surface area contributed by atoms with E-state index >= 15 is 0 Å². The number of carbonyl (C=O) groups excluding carboxylic acids is 1. The second-order valence-corrected chi connectivity index (χ2v) is 4.88. The van der Waals surface area contributed by atoms with Crippen molar-refractivity contribution in [2.45, 2.75) is 19.8 Å². The van der Waals surface area contributed by atoms with Crippen LogP contribution in [0.15, 0.2) is 18.5 Å². The van der Waals surface area contributed by atoms with E-state index < -0.39 is 0 Å². The Kier molecular flexibility index (Phi) is 6.72. The van der Waals surface area contributed by atoms with Gasteiger partial charge in [-0.2, -0.15) is 0 Å². The molecule has 1 amide bonds. The second-order valence-electron chi connectivity index (χ2n) is 4.23. The summed E-state index contributed by atoms with van der Waals surface area (Å²) in [7, 11) is 1.53. The van der Waals surface area contributed by atoms with Gasteiger partial charge in [0.15, 0.2) is 0 Å². The van der Waals surface area contributed by atoms with Crippen LogP contribution < -0.4 is 10.1 Å². The first-order chi connectivity index (χ1) is 8.69. The zero-order valence-electron chi connectivity index (χ0n) is 10.8. The average Bonchev–Trinajstić information content (AvgIpc) is 2.42. The lowest BCUT2D eigenvalue weighted by Gasteiger charge is -2.10. The molecule has 0 radical (unpaired) electrons. The molecule has 0 aliphatic heterocycles. The molecule has 1 rings (SSSR count). The molecule has 4 nitrogen and oxygen atoms in total. The molecule has 0 spiro atoms. The van der Waals surface area contributed by atoms with Crippen LogP contribution in [0.5, 0.6) is 5.75 Å². The average molecular weight is 315 g/mol. The molecule has 1 N–H and O–H groups in total. The summed E-state index contributed by atoms with van der Waals surface area (Å²) in [5.41, 5.74) is 0.529. The molecule has 1 aromatic rings. The summed E-state index contributed by atoms with van der Waals surface area (Å²) in [6.07, 6.45) is 5.21. The predicted molar refractivity (Wildman–Crippen MR) is 75.3 cm³/mol. The summed E-state index contributed by atoms with van der Waals surface area (Å²) in [5.74, 6) is 1.03. The standard InChI is InChI=1S/C13H19BrN2O2/c1-10(8-14)4-3-6-16-13(17)11-5-7-15-9-12(11)18-2/h5,7,9-10H,3-4,6,8H2,1-2H3,(H,16,17). The SMILES string of the molecule is COc1cnccc1C(=O)NCCCC(C)CBr. The summed E-state index contributed by atoms with van der Waals surface area (Å²) in [6.45, 7) is 2.87. The molecule has 0 aliphatic rings. The fraction of sp³-hybridized carbons (Fsp3) is 0.538. The molecule has 1 heterocycles. The van der Waals surface area contributed by atoms with Gasteiger partial charge in [-0.1, -0.05) is 22.9 Å². The molecular weight excluding hydrogens is 296 g/mol. The maximum atomic E-state index is 11.9. The maximum Gasteiger partial charge on any atom is 0.255 e. The van der Waals surface area contributed by atoms with Gasteiger partial charge in [-0.25, -0.2) is 0 Å². The number of methoxy groups -OCH3 is 1. The third kappa shape index (κ3) is 4.64. The van der Waals surface area contributed by atoms with Crippen LogP contribution in [0.2, 0.25) is 0 Å². The normalized spacial score (nSPS) is 11.9. The maximum absolute atomic E-state index is 11.9. The minimum absolute atomic E-state index is 0.110. The number of nitrogens with one attached hydrogen (secondary N) is 1. The van der Waals surface area contributed by atoms with E-state index in [0.717, 1.165) is 18.2 Å². The number of pyridine rings is 1. The zero-order valence-corrected chi connectivity index (χ0v) is 12.4. The van der Waals surface area contributed by atoms with Crippen molar-refractivity contribution < 1.29 is 9.53 Å². The largest absolute Gasteiger partial charge is 0.494 e. The number of nitrogens with zero attached hydrogens (tertiary/aromatic N) is 1. The molecule has 0 aliphatic carbocycles. The van der Waals surface area contributed by atoms with Crippen molar-refractivity contribution in [2.24, 2.45) is 5.92 Å². The van der Waals surface area contributed by atoms with Crippen molar-refractivity contribution in [1.29, 1.82) is 0 Å². The fourth-order valence-corrected chi connectivity index (χ4v) is 1.88. The Morgan fingerprint density at radius 3 is 3.06 bits per heavy atom. The Morgan fingerprint density at radius 1 is 1.61 bits per heavy atom. The number of halogens is 1. The summed E-state index contributed by atoms with van der Waals surface area (Å²) in [6, 6.07) is 1.66. The molecule has 0 fully saturated rings. The quantitative estimate of drug-likeness (QED) is 0.622. The second kappa shape index (κ2) is 8.08. The lowest BCUT2D eigenvalue weighted by Crippen LogP contribution is -2.25. The van der Waals surface area contributed by atoms with Crippen molar-refractivity contribution in [2.75, 3.05) is 19.0 Å². The van der Waals surface area contributed by atoms with Crippen LogP contribution in [-0.2, 0) is 0 Å². The highest BCUT2D eigenvalue weighted by molar-refractivity contribution is 9.09. The summed E-state index contributed by atoms with van der Waals surface area (Å²) < 4.78 is 5.10. The topological polar surface area (TPSA) is 51.2 Å². The summed E-state index contributed by atoms with van der Waals surface area (Å²) >= 11 is 3.44. The van der Waals surface area contributed by atoms with Crippen LogP contribution in [0.4, 0.5) is 0 Å². The van der Waals surface area contributed by atoms with Gasteiger partial charge in [-0.05, 0) is 24.8 Å². The Morgan fingerprint density at radius 2 is 2.39 bits per heavy atom. The zero-order chi connectivity index (χ0) is 13.4. The third-order valence-corrected chi connectivity index (χ3v) is 3.78. The van der Waals surface area contributed by atoms with E-state index in [1.807, 2.05) is 0 Å². The number of rotatable bonds is 7. The molecular formula is C13H19BrN2O2. The van der Waals surface area contributed by atoms with Crippen LogP contribution in [0.25, 0.3) is 0 Å². The molecule has 1 unspecified atom stereocenters. The summed E-state index contributed by atoms with van der Waals surface area (Å²) in [4.78, 5) is 15.8. The molecule has 0 aromatic carbocycles. The van der Waals surface area contributed by atoms with Gasteiger partial charge < -0.3 is 10.1 Å². The number of hydrogen-bond donors (Lipinski definition) is 1. The number of amides is 1. The molecule has 0 saturated heterocycles. The highest BCUT2D eigenvalue weighted by Gasteiger charge is 2.11. The number of alkyl halides is 1. The van der Waals surface area contributed by atoms with E-state index in [0.29, 0.717) is 23.8 Å². The van der Waals surface area contributed by atoms with Gasteiger partial charge in [-0.3, -0.25) is 9.78 Å². The van der Waals surface area contributed by atoms with Gasteiger partial charge in [0, 0.05) is 18.1 Å². The number of hydrogen-bond acceptors (Lipinski definition) is 3. The summed E-state index contributed by atoms with van der Waals surface area (Å²) in [5, 5.41) is 3.89. The van der Waals surface area contributed by atoms with E-state index in [4.69, 9.17) is 4.74 Å². The number of ether oxygens (including phenoxy) is 1. The van der Waals surface area contributed by atoms with Crippen molar-refractivity contribution in [3.05, 3.63) is 24.0 Å². The van der Waals surface area contributed by atoms with Gasteiger partial charge in [0.2, 0.25) is 0 Å². The van der Waals surface area contributed by atoms with Crippen LogP contribution in [0, 0.1) is 5.92 Å². The lowest BCUT2D eigenvalue weighted by atomic mass is 10.1. The first kappa shape index (κ1) is 15.0. The lowest BCUT2D eigenvalue weighted by molar-refractivity contribution is 0.0949. The Bertz CT molecular complexity index is 385. The molecule has 0 bridgehead atoms. The Labute approximate surface area is 116 Å². The minimum Gasteiger partial charge on any atom is -0.494 e. The third-order valence-electron chi connectivity index (χ3n) is 2.67. The van der Waals surface area contributed by atoms with Crippen molar-refractivity contribution in [3.63, 3.8) is 0 Å². The first-order valence-electron chi connectivity index (χ1n) is 6.01. The Balaban J connectivity index is 2.41. The van der Waals surface area contributed by atoms with Crippen LogP contribution >= 0.6 is 15.9 Å². The smallest absolute Gasteiger partial charge is 0.255 e. The number of carbonyl (C=O) groups is 1. The van der Waals surface area contributed by atoms with Gasteiger partial charge in [0.1, 0.15) is 5.75 Å². The van der Waals surface area contributed by atoms with Gasteiger partial charge in [0.25, 0.3) is 5.91 Å². The van der Waals surface area contributed by atoms with E-state index in [2.05, 4.69) is 33.2 Å². The monoisotopic (exact) mass is 314 g/mol. The molecule has 0 saturated carbocycles. The van der Waals surface area contributed by atoms with E-state index in [1.54, 1.807) is 18.5 Å². The van der Waals surface area contributed by atoms with Crippen molar-refractivity contribution >= 4 is 21.8 Å². The van der Waals surface area contributed by atoms with Crippen molar-refractivity contribution in [1.82, 2.24) is 10.3 Å². The van der Waals surface area contributed by atoms with Crippen LogP contribution in [0.3, 0.4) is 0 Å². The Hall–Kier alpha value is -1.10. The molecule has 5 heteroatoms. The molecule has 1 aromatic heterocycles. The van der Waals surface area contributed by atoms with Gasteiger partial charge >= 0.3 is 0 Å². The predicted octanol–water partition coefficient (Wildman–Crippen LogP) is 2.63. The van der Waals surface area contributed by atoms with Crippen LogP contribution in [-0.4, -0.2) is 29.9 Å². The number of aromatic nitrogens is 1. The highest BCUT2D eigenvalue weighted by Crippen LogP contribution is 2.15. The fourth-order valence-electron chi connectivity index (χ4n) is 1.56. The van der Waals surface area contributed by atoms with Crippen LogP contribution in [0.1, 0.15) is 30.1 Å². The van der Waals surface area contributed by atoms with E-state index in [9.17, 15) is 4.79 Å². The van der Waals surface area contributed by atoms with E-state index in [-0.39, 0.29) is 5.91 Å². The highest BCUT2D eigenvalue weighted by atomic mass is 79.9. The minimum atomic E-state index is -0.110. The van der Waals surface area contributed by atoms with Gasteiger partial charge in [0.05, 0.1) is 18.9 Å². The van der Waals surface area contributed by atoms with Crippen molar-refractivity contribution in [3.8, 4) is 5.75 Å².